The molecule has 1 saturated carbocycles. The van der Waals surface area contributed by atoms with Crippen LogP contribution in [-0.4, -0.2) is 25.0 Å². The van der Waals surface area contributed by atoms with Gasteiger partial charge in [0.25, 0.3) is 5.91 Å². The predicted octanol–water partition coefficient (Wildman–Crippen LogP) is 3.40. The minimum atomic E-state index is -0.186. The molecule has 5 heteroatoms. The zero-order valence-electron chi connectivity index (χ0n) is 15.1. The third kappa shape index (κ3) is 4.85. The Labute approximate surface area is 153 Å². The molecular weight excluding hydrogens is 328 g/mol. The number of anilines is 1. The van der Waals surface area contributed by atoms with Crippen LogP contribution in [0, 0.1) is 18.8 Å². The zero-order valence-corrected chi connectivity index (χ0v) is 15.1. The van der Waals surface area contributed by atoms with Gasteiger partial charge in [0.05, 0.1) is 6.54 Å². The highest BCUT2D eigenvalue weighted by atomic mass is 16.5. The number of rotatable bonds is 7. The van der Waals surface area contributed by atoms with Gasteiger partial charge in [-0.3, -0.25) is 9.59 Å². The largest absolute Gasteiger partial charge is 0.492 e. The minimum Gasteiger partial charge on any atom is -0.492 e. The number of benzene rings is 2. The second kappa shape index (κ2) is 8.04. The standard InChI is InChI=1S/C21H24N2O3/c1-14-5-3-8-18(11-14)26-10-9-22-20(24)16-6-4-7-17(13-16)23-21(25)19-12-15(19)2/h3-8,11,13,15,19H,9-10,12H2,1-2H3,(H,22,24)(H,23,25). The van der Waals surface area contributed by atoms with Crippen molar-refractivity contribution in [2.75, 3.05) is 18.5 Å². The van der Waals surface area contributed by atoms with E-state index in [1.54, 1.807) is 24.3 Å². The average Bonchev–Trinajstić information content (AvgIpc) is 3.36. The molecule has 3 rings (SSSR count). The number of aryl methyl sites for hydroxylation is 1. The van der Waals surface area contributed by atoms with Crippen LogP contribution in [0.5, 0.6) is 5.75 Å². The summed E-state index contributed by atoms with van der Waals surface area (Å²) in [5.41, 5.74) is 2.30. The highest BCUT2D eigenvalue weighted by Crippen LogP contribution is 2.38. The van der Waals surface area contributed by atoms with E-state index in [-0.39, 0.29) is 17.7 Å². The third-order valence-electron chi connectivity index (χ3n) is 4.48. The Morgan fingerprint density at radius 3 is 2.65 bits per heavy atom. The summed E-state index contributed by atoms with van der Waals surface area (Å²) in [4.78, 5) is 24.3. The van der Waals surface area contributed by atoms with Crippen LogP contribution in [0.3, 0.4) is 0 Å². The van der Waals surface area contributed by atoms with Crippen LogP contribution >= 0.6 is 0 Å². The monoisotopic (exact) mass is 352 g/mol. The minimum absolute atomic E-state index is 0.0293. The Balaban J connectivity index is 1.47. The first-order chi connectivity index (χ1) is 12.5. The lowest BCUT2D eigenvalue weighted by Gasteiger charge is -2.10. The summed E-state index contributed by atoms with van der Waals surface area (Å²) >= 11 is 0. The van der Waals surface area contributed by atoms with Gasteiger partial charge in [-0.15, -0.1) is 0 Å². The molecule has 2 aromatic carbocycles. The van der Waals surface area contributed by atoms with E-state index in [1.807, 2.05) is 31.2 Å². The molecule has 26 heavy (non-hydrogen) atoms. The molecule has 1 aliphatic rings. The van der Waals surface area contributed by atoms with Crippen molar-refractivity contribution in [3.8, 4) is 5.75 Å². The van der Waals surface area contributed by atoms with Crippen molar-refractivity contribution in [2.45, 2.75) is 20.3 Å². The van der Waals surface area contributed by atoms with E-state index in [0.717, 1.165) is 17.7 Å². The summed E-state index contributed by atoms with van der Waals surface area (Å²) in [5, 5.41) is 5.71. The van der Waals surface area contributed by atoms with Crippen LogP contribution in [0.1, 0.15) is 29.3 Å². The van der Waals surface area contributed by atoms with Gasteiger partial charge in [-0.2, -0.15) is 0 Å². The van der Waals surface area contributed by atoms with E-state index in [1.165, 1.54) is 0 Å². The van der Waals surface area contributed by atoms with Gasteiger partial charge in [-0.05, 0) is 55.2 Å². The van der Waals surface area contributed by atoms with Gasteiger partial charge >= 0.3 is 0 Å². The molecule has 0 spiro atoms. The molecular formula is C21H24N2O3. The molecule has 2 unspecified atom stereocenters. The molecule has 0 aliphatic heterocycles. The zero-order chi connectivity index (χ0) is 18.5. The molecule has 5 nitrogen and oxygen atoms in total. The topological polar surface area (TPSA) is 67.4 Å². The second-order valence-electron chi connectivity index (χ2n) is 6.81. The lowest BCUT2D eigenvalue weighted by molar-refractivity contribution is -0.117. The molecule has 1 aliphatic carbocycles. The number of hydrogen-bond donors (Lipinski definition) is 2. The van der Waals surface area contributed by atoms with Crippen molar-refractivity contribution in [3.05, 3.63) is 59.7 Å². The molecule has 0 saturated heterocycles. The van der Waals surface area contributed by atoms with Gasteiger partial charge in [0.1, 0.15) is 12.4 Å². The van der Waals surface area contributed by atoms with Crippen molar-refractivity contribution in [3.63, 3.8) is 0 Å². The van der Waals surface area contributed by atoms with E-state index >= 15 is 0 Å². The van der Waals surface area contributed by atoms with E-state index in [0.29, 0.717) is 30.3 Å². The van der Waals surface area contributed by atoms with Crippen molar-refractivity contribution in [2.24, 2.45) is 11.8 Å². The lowest BCUT2D eigenvalue weighted by Crippen LogP contribution is -2.28. The van der Waals surface area contributed by atoms with E-state index < -0.39 is 0 Å². The molecule has 2 atom stereocenters. The summed E-state index contributed by atoms with van der Waals surface area (Å²) in [6, 6.07) is 14.8. The Bertz CT molecular complexity index is 803. The fraction of sp³-hybridized carbons (Fsp3) is 0.333. The van der Waals surface area contributed by atoms with Crippen LogP contribution < -0.4 is 15.4 Å². The Kier molecular flexibility index (Phi) is 5.56. The molecule has 0 aromatic heterocycles. The number of carbonyl (C=O) groups excluding carboxylic acids is 2. The summed E-state index contributed by atoms with van der Waals surface area (Å²) < 4.78 is 5.62. The summed E-state index contributed by atoms with van der Waals surface area (Å²) in [5.74, 6) is 1.19. The quantitative estimate of drug-likeness (QED) is 0.751. The van der Waals surface area contributed by atoms with Crippen molar-refractivity contribution >= 4 is 17.5 Å². The highest BCUT2D eigenvalue weighted by Gasteiger charge is 2.39. The fourth-order valence-corrected chi connectivity index (χ4v) is 2.80. The molecule has 2 aromatic rings. The van der Waals surface area contributed by atoms with Crippen LogP contribution in [0.2, 0.25) is 0 Å². The molecule has 0 radical (unpaired) electrons. The summed E-state index contributed by atoms with van der Waals surface area (Å²) in [7, 11) is 0. The Morgan fingerprint density at radius 1 is 1.15 bits per heavy atom. The Morgan fingerprint density at radius 2 is 1.92 bits per heavy atom. The predicted molar refractivity (Wildman–Crippen MR) is 101 cm³/mol. The van der Waals surface area contributed by atoms with Crippen LogP contribution in [0.15, 0.2) is 48.5 Å². The van der Waals surface area contributed by atoms with Gasteiger partial charge in [0.2, 0.25) is 5.91 Å². The number of amides is 2. The van der Waals surface area contributed by atoms with Gasteiger partial charge in [-0.1, -0.05) is 25.1 Å². The molecule has 0 bridgehead atoms. The van der Waals surface area contributed by atoms with Crippen molar-refractivity contribution in [1.29, 1.82) is 0 Å². The summed E-state index contributed by atoms with van der Waals surface area (Å²) in [6.45, 7) is 4.87. The summed E-state index contributed by atoms with van der Waals surface area (Å²) in [6.07, 6.45) is 0.937. The first kappa shape index (κ1) is 18.0. The van der Waals surface area contributed by atoms with Gasteiger partial charge in [-0.25, -0.2) is 0 Å². The first-order valence-corrected chi connectivity index (χ1v) is 8.91. The molecule has 1 fully saturated rings. The van der Waals surface area contributed by atoms with Gasteiger partial charge in [0.15, 0.2) is 0 Å². The molecule has 2 N–H and O–H groups in total. The van der Waals surface area contributed by atoms with Crippen LogP contribution in [-0.2, 0) is 4.79 Å². The normalized spacial score (nSPS) is 18.1. The maximum Gasteiger partial charge on any atom is 0.251 e. The number of nitrogens with one attached hydrogen (secondary N) is 2. The van der Waals surface area contributed by atoms with E-state index in [4.69, 9.17) is 4.74 Å². The lowest BCUT2D eigenvalue weighted by atomic mass is 10.2. The fourth-order valence-electron chi connectivity index (χ4n) is 2.80. The average molecular weight is 352 g/mol. The number of hydrogen-bond acceptors (Lipinski definition) is 3. The first-order valence-electron chi connectivity index (χ1n) is 8.91. The Hall–Kier alpha value is -2.82. The van der Waals surface area contributed by atoms with E-state index in [2.05, 4.69) is 17.6 Å². The van der Waals surface area contributed by atoms with Crippen LogP contribution in [0.25, 0.3) is 0 Å². The molecule has 0 heterocycles. The SMILES string of the molecule is Cc1cccc(OCCNC(=O)c2cccc(NC(=O)C3CC3C)c2)c1. The third-order valence-corrected chi connectivity index (χ3v) is 4.48. The maximum atomic E-state index is 12.3. The number of ether oxygens (including phenoxy) is 1. The van der Waals surface area contributed by atoms with E-state index in [9.17, 15) is 9.59 Å². The van der Waals surface area contributed by atoms with Gasteiger partial charge < -0.3 is 15.4 Å². The number of carbonyl (C=O) groups is 2. The van der Waals surface area contributed by atoms with Crippen molar-refractivity contribution in [1.82, 2.24) is 5.32 Å². The second-order valence-corrected chi connectivity index (χ2v) is 6.81. The maximum absolute atomic E-state index is 12.3. The van der Waals surface area contributed by atoms with Gasteiger partial charge in [0, 0.05) is 17.2 Å². The molecule has 136 valence electrons. The van der Waals surface area contributed by atoms with Crippen LogP contribution in [0.4, 0.5) is 5.69 Å². The highest BCUT2D eigenvalue weighted by molar-refractivity contribution is 5.98. The van der Waals surface area contributed by atoms with Crippen molar-refractivity contribution < 1.29 is 14.3 Å². The molecule has 2 amide bonds. The smallest absolute Gasteiger partial charge is 0.251 e.